The number of thiazole rings is 1. The minimum atomic E-state index is -0.921. The molecule has 0 aliphatic carbocycles. The first-order chi connectivity index (χ1) is 8.92. The summed E-state index contributed by atoms with van der Waals surface area (Å²) in [6.45, 7) is 5.81. The topological polar surface area (TPSA) is 79.3 Å². The van der Waals surface area contributed by atoms with Crippen molar-refractivity contribution in [3.63, 3.8) is 0 Å². The van der Waals surface area contributed by atoms with Gasteiger partial charge in [-0.2, -0.15) is 0 Å². The van der Waals surface area contributed by atoms with E-state index in [1.807, 2.05) is 26.2 Å². The highest BCUT2D eigenvalue weighted by molar-refractivity contribution is 7.09. The molecule has 1 unspecified atom stereocenters. The van der Waals surface area contributed by atoms with Crippen molar-refractivity contribution in [1.29, 1.82) is 0 Å². The number of nitrogens with one attached hydrogen (secondary N) is 1. The average molecular weight is 284 g/mol. The van der Waals surface area contributed by atoms with Gasteiger partial charge in [-0.15, -0.1) is 11.3 Å². The highest BCUT2D eigenvalue weighted by Crippen LogP contribution is 2.11. The number of hydrogen-bond donors (Lipinski definition) is 2. The Labute approximate surface area is 117 Å². The molecular weight excluding hydrogens is 264 g/mol. The molecule has 1 aromatic rings. The predicted octanol–water partition coefficient (Wildman–Crippen LogP) is 1.65. The standard InChI is InChI=1S/C13H20N2O3S/c1-8(2)4-12(13(17)18)15-10(6-16)5-11-7-19-9(3)14-11/h6-8,10,12,15H,4-5H2,1-3H3,(H,17,18)/t10-,12?/m0/s1. The summed E-state index contributed by atoms with van der Waals surface area (Å²) >= 11 is 1.52. The van der Waals surface area contributed by atoms with Gasteiger partial charge in [-0.25, -0.2) is 4.98 Å². The first kappa shape index (κ1) is 15.8. The van der Waals surface area contributed by atoms with Crippen LogP contribution in [0, 0.1) is 12.8 Å². The zero-order valence-corrected chi connectivity index (χ0v) is 12.2. The lowest BCUT2D eigenvalue weighted by atomic mass is 10.0. The molecule has 2 atom stereocenters. The maximum atomic E-state index is 11.2. The molecule has 5 nitrogen and oxygen atoms in total. The second-order valence-electron chi connectivity index (χ2n) is 4.99. The molecule has 19 heavy (non-hydrogen) atoms. The van der Waals surface area contributed by atoms with Gasteiger partial charge in [0.1, 0.15) is 12.3 Å². The average Bonchev–Trinajstić information content (AvgIpc) is 2.72. The molecule has 2 N–H and O–H groups in total. The van der Waals surface area contributed by atoms with Gasteiger partial charge in [0.15, 0.2) is 0 Å². The van der Waals surface area contributed by atoms with Crippen LogP contribution in [0.15, 0.2) is 5.38 Å². The Balaban J connectivity index is 2.63. The molecular formula is C13H20N2O3S. The van der Waals surface area contributed by atoms with E-state index in [4.69, 9.17) is 5.11 Å². The van der Waals surface area contributed by atoms with Crippen LogP contribution in [-0.2, 0) is 16.0 Å². The summed E-state index contributed by atoms with van der Waals surface area (Å²) in [6.07, 6.45) is 1.68. The molecule has 0 spiro atoms. The van der Waals surface area contributed by atoms with Gasteiger partial charge in [0.2, 0.25) is 0 Å². The third-order valence-electron chi connectivity index (χ3n) is 2.68. The minimum Gasteiger partial charge on any atom is -0.480 e. The molecule has 0 fully saturated rings. The van der Waals surface area contributed by atoms with Gasteiger partial charge in [-0.05, 0) is 19.3 Å². The molecule has 6 heteroatoms. The summed E-state index contributed by atoms with van der Waals surface area (Å²) < 4.78 is 0. The number of aldehydes is 1. The minimum absolute atomic E-state index is 0.252. The van der Waals surface area contributed by atoms with Crippen LogP contribution in [-0.4, -0.2) is 34.4 Å². The summed E-state index contributed by atoms with van der Waals surface area (Å²) in [6, 6.07) is -1.21. The molecule has 0 aromatic carbocycles. The van der Waals surface area contributed by atoms with E-state index in [-0.39, 0.29) is 5.92 Å². The summed E-state index contributed by atoms with van der Waals surface area (Å²) in [5.74, 6) is -0.669. The highest BCUT2D eigenvalue weighted by Gasteiger charge is 2.22. The molecule has 0 saturated heterocycles. The van der Waals surface area contributed by atoms with Crippen LogP contribution in [0.3, 0.4) is 0 Å². The van der Waals surface area contributed by atoms with Crippen LogP contribution >= 0.6 is 11.3 Å². The number of rotatable bonds is 8. The van der Waals surface area contributed by atoms with Gasteiger partial charge in [-0.1, -0.05) is 13.8 Å². The number of carbonyl (C=O) groups excluding carboxylic acids is 1. The normalized spacial score (nSPS) is 14.3. The SMILES string of the molecule is Cc1nc(C[C@@H](C=O)NC(CC(C)C)C(=O)O)cs1. The number of nitrogens with zero attached hydrogens (tertiary/aromatic N) is 1. The molecule has 0 saturated carbocycles. The van der Waals surface area contributed by atoms with Gasteiger partial charge in [0.05, 0.1) is 16.7 Å². The number of aliphatic carboxylic acids is 1. The molecule has 0 radical (unpaired) electrons. The second-order valence-corrected chi connectivity index (χ2v) is 6.05. The Hall–Kier alpha value is -1.27. The Morgan fingerprint density at radius 3 is 2.68 bits per heavy atom. The van der Waals surface area contributed by atoms with Gasteiger partial charge in [0.25, 0.3) is 0 Å². The first-order valence-electron chi connectivity index (χ1n) is 6.27. The fourth-order valence-electron chi connectivity index (χ4n) is 1.84. The largest absolute Gasteiger partial charge is 0.480 e. The van der Waals surface area contributed by atoms with Crippen molar-refractivity contribution >= 4 is 23.6 Å². The summed E-state index contributed by atoms with van der Waals surface area (Å²) in [5.41, 5.74) is 0.820. The molecule has 1 heterocycles. The summed E-state index contributed by atoms with van der Waals surface area (Å²) in [7, 11) is 0. The maximum Gasteiger partial charge on any atom is 0.320 e. The lowest BCUT2D eigenvalue weighted by molar-refractivity contribution is -0.140. The van der Waals surface area contributed by atoms with E-state index in [0.717, 1.165) is 17.0 Å². The van der Waals surface area contributed by atoms with Crippen LogP contribution in [0.5, 0.6) is 0 Å². The molecule has 0 bridgehead atoms. The van der Waals surface area contributed by atoms with Gasteiger partial charge in [0, 0.05) is 11.8 Å². The van der Waals surface area contributed by atoms with Gasteiger partial charge < -0.3 is 9.90 Å². The van der Waals surface area contributed by atoms with Gasteiger partial charge >= 0.3 is 5.97 Å². The van der Waals surface area contributed by atoms with E-state index < -0.39 is 18.1 Å². The fourth-order valence-corrected chi connectivity index (χ4v) is 2.47. The molecule has 1 aromatic heterocycles. The van der Waals surface area contributed by atoms with Crippen molar-refractivity contribution in [3.8, 4) is 0 Å². The van der Waals surface area contributed by atoms with Crippen molar-refractivity contribution in [2.75, 3.05) is 0 Å². The first-order valence-corrected chi connectivity index (χ1v) is 7.15. The summed E-state index contributed by atoms with van der Waals surface area (Å²) in [4.78, 5) is 26.5. The lowest BCUT2D eigenvalue weighted by Gasteiger charge is -2.20. The number of carbonyl (C=O) groups is 2. The Bertz CT molecular complexity index is 431. The predicted molar refractivity (Wildman–Crippen MR) is 74.4 cm³/mol. The smallest absolute Gasteiger partial charge is 0.320 e. The quantitative estimate of drug-likeness (QED) is 0.710. The molecule has 106 valence electrons. The maximum absolute atomic E-state index is 11.2. The molecule has 0 aliphatic rings. The molecule has 1 rings (SSSR count). The van der Waals surface area contributed by atoms with Crippen LogP contribution in [0.1, 0.15) is 31.0 Å². The van der Waals surface area contributed by atoms with Crippen molar-refractivity contribution in [3.05, 3.63) is 16.1 Å². The number of hydrogen-bond acceptors (Lipinski definition) is 5. The number of carboxylic acids is 1. The zero-order valence-electron chi connectivity index (χ0n) is 11.4. The Morgan fingerprint density at radius 2 is 2.26 bits per heavy atom. The van der Waals surface area contributed by atoms with Crippen molar-refractivity contribution < 1.29 is 14.7 Å². The van der Waals surface area contributed by atoms with Gasteiger partial charge in [-0.3, -0.25) is 10.1 Å². The molecule has 0 aliphatic heterocycles. The van der Waals surface area contributed by atoms with E-state index in [1.54, 1.807) is 0 Å². The van der Waals surface area contributed by atoms with Crippen LogP contribution < -0.4 is 5.32 Å². The van der Waals surface area contributed by atoms with Crippen molar-refractivity contribution in [2.24, 2.45) is 5.92 Å². The third kappa shape index (κ3) is 5.48. The second kappa shape index (κ2) is 7.35. The highest BCUT2D eigenvalue weighted by atomic mass is 32.1. The van der Waals surface area contributed by atoms with Crippen LogP contribution in [0.25, 0.3) is 0 Å². The molecule has 0 amide bonds. The number of carboxylic acid groups (broad SMARTS) is 1. The van der Waals surface area contributed by atoms with Crippen LogP contribution in [0.4, 0.5) is 0 Å². The Morgan fingerprint density at radius 1 is 1.58 bits per heavy atom. The summed E-state index contributed by atoms with van der Waals surface area (Å²) in [5, 5.41) is 14.9. The van der Waals surface area contributed by atoms with Crippen molar-refractivity contribution in [2.45, 2.75) is 45.7 Å². The van der Waals surface area contributed by atoms with E-state index in [0.29, 0.717) is 12.8 Å². The Kier molecular flexibility index (Phi) is 6.11. The monoisotopic (exact) mass is 284 g/mol. The van der Waals surface area contributed by atoms with Crippen molar-refractivity contribution in [1.82, 2.24) is 10.3 Å². The lowest BCUT2D eigenvalue weighted by Crippen LogP contribution is -2.45. The van der Waals surface area contributed by atoms with E-state index in [1.165, 1.54) is 11.3 Å². The number of aromatic nitrogens is 1. The van der Waals surface area contributed by atoms with E-state index >= 15 is 0 Å². The van der Waals surface area contributed by atoms with E-state index in [9.17, 15) is 9.59 Å². The number of aryl methyl sites for hydroxylation is 1. The third-order valence-corrected chi connectivity index (χ3v) is 3.50. The fraction of sp³-hybridized carbons (Fsp3) is 0.615. The van der Waals surface area contributed by atoms with Crippen LogP contribution in [0.2, 0.25) is 0 Å². The zero-order chi connectivity index (χ0) is 14.4. The van der Waals surface area contributed by atoms with E-state index in [2.05, 4.69) is 10.3 Å².